The van der Waals surface area contributed by atoms with Gasteiger partial charge in [-0.15, -0.1) is 11.6 Å². The fourth-order valence-corrected chi connectivity index (χ4v) is 1.88. The summed E-state index contributed by atoms with van der Waals surface area (Å²) in [5, 5.41) is 0.444. The molecule has 0 aliphatic carbocycles. The van der Waals surface area contributed by atoms with Gasteiger partial charge in [-0.2, -0.15) is 11.8 Å². The predicted octanol–water partition coefficient (Wildman–Crippen LogP) is 3.42. The molecule has 0 aromatic carbocycles. The molecule has 5 heteroatoms. The standard InChI is InChI=1S/C9H12Cl2O2S/c10-3-4-12-5-6-14-7-8-1-2-9(11)13-8/h1-2H,3-7H2. The summed E-state index contributed by atoms with van der Waals surface area (Å²) in [6.07, 6.45) is 0. The Morgan fingerprint density at radius 3 is 2.86 bits per heavy atom. The first-order chi connectivity index (χ1) is 6.83. The minimum atomic E-state index is 0.444. The zero-order valence-electron chi connectivity index (χ0n) is 7.67. The SMILES string of the molecule is ClCCOCCSCc1ccc(Cl)o1. The van der Waals surface area contributed by atoms with Gasteiger partial charge in [0.15, 0.2) is 5.22 Å². The maximum Gasteiger partial charge on any atom is 0.193 e. The first-order valence-electron chi connectivity index (χ1n) is 4.28. The number of hydrogen-bond donors (Lipinski definition) is 0. The summed E-state index contributed by atoms with van der Waals surface area (Å²) in [4.78, 5) is 0. The number of hydrogen-bond acceptors (Lipinski definition) is 3. The minimum Gasteiger partial charge on any atom is -0.449 e. The number of ether oxygens (including phenoxy) is 1. The molecule has 0 aliphatic heterocycles. The van der Waals surface area contributed by atoms with Gasteiger partial charge in [-0.25, -0.2) is 0 Å². The van der Waals surface area contributed by atoms with Crippen molar-refractivity contribution < 1.29 is 9.15 Å². The van der Waals surface area contributed by atoms with Crippen molar-refractivity contribution in [2.24, 2.45) is 0 Å². The van der Waals surface area contributed by atoms with Crippen molar-refractivity contribution >= 4 is 35.0 Å². The lowest BCUT2D eigenvalue weighted by molar-refractivity contribution is 0.166. The van der Waals surface area contributed by atoms with Crippen molar-refractivity contribution in [1.29, 1.82) is 0 Å². The lowest BCUT2D eigenvalue weighted by atomic mass is 10.5. The first kappa shape index (κ1) is 12.2. The summed E-state index contributed by atoms with van der Waals surface area (Å²) in [6, 6.07) is 3.64. The van der Waals surface area contributed by atoms with E-state index >= 15 is 0 Å². The normalized spacial score (nSPS) is 10.7. The van der Waals surface area contributed by atoms with E-state index in [9.17, 15) is 0 Å². The molecule has 1 heterocycles. The molecular formula is C9H12Cl2O2S. The molecule has 0 saturated carbocycles. The Bertz CT molecular complexity index is 253. The van der Waals surface area contributed by atoms with Gasteiger partial charge in [-0.05, 0) is 23.7 Å². The summed E-state index contributed by atoms with van der Waals surface area (Å²) in [7, 11) is 0. The van der Waals surface area contributed by atoms with E-state index in [0.717, 1.165) is 23.9 Å². The Kier molecular flexibility index (Phi) is 6.52. The molecule has 0 unspecified atom stereocenters. The average Bonchev–Trinajstić information content (AvgIpc) is 2.58. The third-order valence-corrected chi connectivity index (χ3v) is 2.77. The molecule has 0 bridgehead atoms. The zero-order chi connectivity index (χ0) is 10.2. The van der Waals surface area contributed by atoms with Crippen LogP contribution in [0.2, 0.25) is 5.22 Å². The number of alkyl halides is 1. The van der Waals surface area contributed by atoms with Crippen LogP contribution in [0.15, 0.2) is 16.5 Å². The van der Waals surface area contributed by atoms with Crippen molar-refractivity contribution in [3.05, 3.63) is 23.1 Å². The molecule has 0 atom stereocenters. The monoisotopic (exact) mass is 254 g/mol. The van der Waals surface area contributed by atoms with Gasteiger partial charge in [0.05, 0.1) is 19.0 Å². The highest BCUT2D eigenvalue weighted by molar-refractivity contribution is 7.98. The molecule has 2 nitrogen and oxygen atoms in total. The molecule has 0 amide bonds. The van der Waals surface area contributed by atoms with Crippen molar-refractivity contribution in [1.82, 2.24) is 0 Å². The number of halogens is 2. The van der Waals surface area contributed by atoms with Crippen LogP contribution in [0.25, 0.3) is 0 Å². The third kappa shape index (κ3) is 5.15. The van der Waals surface area contributed by atoms with Crippen molar-refractivity contribution in [3.8, 4) is 0 Å². The first-order valence-corrected chi connectivity index (χ1v) is 6.35. The molecule has 0 aliphatic rings. The average molecular weight is 255 g/mol. The van der Waals surface area contributed by atoms with Crippen LogP contribution in [0.5, 0.6) is 0 Å². The van der Waals surface area contributed by atoms with Gasteiger partial charge in [-0.1, -0.05) is 0 Å². The van der Waals surface area contributed by atoms with Gasteiger partial charge in [0.2, 0.25) is 0 Å². The molecule has 1 aromatic rings. The van der Waals surface area contributed by atoms with Crippen LogP contribution in [0.3, 0.4) is 0 Å². The smallest absolute Gasteiger partial charge is 0.193 e. The van der Waals surface area contributed by atoms with Gasteiger partial charge in [0, 0.05) is 11.6 Å². The van der Waals surface area contributed by atoms with Gasteiger partial charge >= 0.3 is 0 Å². The van der Waals surface area contributed by atoms with Crippen LogP contribution in [0.4, 0.5) is 0 Å². The fourth-order valence-electron chi connectivity index (χ4n) is 0.877. The van der Waals surface area contributed by atoms with E-state index in [0.29, 0.717) is 17.7 Å². The van der Waals surface area contributed by atoms with Crippen molar-refractivity contribution in [2.45, 2.75) is 5.75 Å². The van der Waals surface area contributed by atoms with Crippen molar-refractivity contribution in [2.75, 3.05) is 24.8 Å². The maximum atomic E-state index is 5.63. The van der Waals surface area contributed by atoms with E-state index in [1.165, 1.54) is 0 Å². The lowest BCUT2D eigenvalue weighted by Gasteiger charge is -2.00. The second-order valence-electron chi connectivity index (χ2n) is 2.56. The number of furan rings is 1. The van der Waals surface area contributed by atoms with Gasteiger partial charge in [-0.3, -0.25) is 0 Å². The molecule has 0 radical (unpaired) electrons. The summed E-state index contributed by atoms with van der Waals surface area (Å²) in [5.41, 5.74) is 0. The topological polar surface area (TPSA) is 22.4 Å². The maximum absolute atomic E-state index is 5.63. The molecule has 80 valence electrons. The molecule has 1 aromatic heterocycles. The van der Waals surface area contributed by atoms with E-state index in [-0.39, 0.29) is 0 Å². The Morgan fingerprint density at radius 2 is 2.21 bits per heavy atom. The Morgan fingerprint density at radius 1 is 1.36 bits per heavy atom. The van der Waals surface area contributed by atoms with Gasteiger partial charge < -0.3 is 9.15 Å². The highest BCUT2D eigenvalue weighted by Crippen LogP contribution is 2.18. The number of rotatable bonds is 7. The Labute approximate surface area is 97.9 Å². The predicted molar refractivity (Wildman–Crippen MR) is 61.4 cm³/mol. The molecule has 0 saturated heterocycles. The van der Waals surface area contributed by atoms with E-state index in [1.54, 1.807) is 17.8 Å². The minimum absolute atomic E-state index is 0.444. The quantitative estimate of drug-likeness (QED) is 0.550. The van der Waals surface area contributed by atoms with E-state index < -0.39 is 0 Å². The Balaban J connectivity index is 1.99. The van der Waals surface area contributed by atoms with Crippen LogP contribution in [-0.2, 0) is 10.5 Å². The summed E-state index contributed by atoms with van der Waals surface area (Å²) in [5.74, 6) is 3.22. The van der Waals surface area contributed by atoms with E-state index in [1.807, 2.05) is 6.07 Å². The summed E-state index contributed by atoms with van der Waals surface area (Å²) >= 11 is 12.8. The highest BCUT2D eigenvalue weighted by Gasteiger charge is 1.99. The van der Waals surface area contributed by atoms with Crippen LogP contribution >= 0.6 is 35.0 Å². The van der Waals surface area contributed by atoms with Crippen molar-refractivity contribution in [3.63, 3.8) is 0 Å². The van der Waals surface area contributed by atoms with E-state index in [4.69, 9.17) is 32.4 Å². The van der Waals surface area contributed by atoms with Crippen LogP contribution in [-0.4, -0.2) is 24.8 Å². The van der Waals surface area contributed by atoms with Gasteiger partial charge in [0.25, 0.3) is 0 Å². The second kappa shape index (κ2) is 7.46. The molecule has 0 spiro atoms. The lowest BCUT2D eigenvalue weighted by Crippen LogP contribution is -1.99. The molecule has 14 heavy (non-hydrogen) atoms. The molecule has 0 N–H and O–H groups in total. The second-order valence-corrected chi connectivity index (χ2v) is 4.42. The molecule has 1 rings (SSSR count). The van der Waals surface area contributed by atoms with Gasteiger partial charge in [0.1, 0.15) is 5.76 Å². The van der Waals surface area contributed by atoms with Crippen LogP contribution in [0, 0.1) is 0 Å². The van der Waals surface area contributed by atoms with E-state index in [2.05, 4.69) is 0 Å². The summed E-state index contributed by atoms with van der Waals surface area (Å²) in [6.45, 7) is 1.35. The molecular weight excluding hydrogens is 243 g/mol. The zero-order valence-corrected chi connectivity index (χ0v) is 10.00. The summed E-state index contributed by atoms with van der Waals surface area (Å²) < 4.78 is 10.4. The number of thioether (sulfide) groups is 1. The third-order valence-electron chi connectivity index (χ3n) is 1.47. The van der Waals surface area contributed by atoms with Crippen LogP contribution < -0.4 is 0 Å². The Hall–Kier alpha value is 0.170. The van der Waals surface area contributed by atoms with Crippen LogP contribution in [0.1, 0.15) is 5.76 Å². The highest BCUT2D eigenvalue weighted by atomic mass is 35.5. The largest absolute Gasteiger partial charge is 0.449 e. The molecule has 0 fully saturated rings. The fraction of sp³-hybridized carbons (Fsp3) is 0.556.